The molecule has 0 aliphatic carbocycles. The van der Waals surface area contributed by atoms with Gasteiger partial charge in [-0.05, 0) is 48.8 Å². The number of hydrogen-bond donors (Lipinski definition) is 2. The lowest BCUT2D eigenvalue weighted by atomic mass is 9.99. The van der Waals surface area contributed by atoms with Gasteiger partial charge in [0, 0.05) is 20.0 Å². The Bertz CT molecular complexity index is 1130. The summed E-state index contributed by atoms with van der Waals surface area (Å²) in [5, 5.41) is 10.7. The van der Waals surface area contributed by atoms with E-state index in [0.29, 0.717) is 0 Å². The van der Waals surface area contributed by atoms with Crippen LogP contribution in [-0.4, -0.2) is 33.8 Å². The van der Waals surface area contributed by atoms with E-state index in [4.69, 9.17) is 4.98 Å². The zero-order chi connectivity index (χ0) is 26.8. The van der Waals surface area contributed by atoms with Crippen LogP contribution in [-0.2, 0) is 13.0 Å². The highest BCUT2D eigenvalue weighted by Crippen LogP contribution is 2.24. The number of hydrogen-bond acceptors (Lipinski definition) is 5. The minimum Gasteiger partial charge on any atom is -0.394 e. The number of nitrogens with zero attached hydrogens (tertiary/aromatic N) is 4. The summed E-state index contributed by atoms with van der Waals surface area (Å²) in [5.41, 5.74) is 11.6. The first-order valence-electron chi connectivity index (χ1n) is 12.8. The number of nitrogens with one attached hydrogen (secondary N) is 1. The van der Waals surface area contributed by atoms with Crippen LogP contribution in [0, 0.1) is 6.92 Å². The van der Waals surface area contributed by atoms with Gasteiger partial charge >= 0.3 is 0 Å². The van der Waals surface area contributed by atoms with E-state index in [1.165, 1.54) is 35.7 Å². The third kappa shape index (κ3) is 9.27. The summed E-state index contributed by atoms with van der Waals surface area (Å²) in [6.45, 7) is 12.8. The standard InChI is InChI=1S/C23H24N4.C3H7N.C3H8.CH5N/c1-3-4-9-23-26-21-14-24-25-15-22(21)27(23)16-18-10-12-19(13-11-18)20-8-6-5-7-17(20)2;1-3-4-2;1-3-2;1-2/h5-8,10-15H,3-4,9,16H2,1-2H3;3-4H,1H2,2H3;3H2,1-2H3;2H2,1H3. The van der Waals surface area contributed by atoms with Gasteiger partial charge in [-0.15, -0.1) is 0 Å². The molecular formula is C30H44N6. The SMILES string of the molecule is C=CNC.CCC.CCCCc1nc2cnncc2n1Cc1ccc(-c2ccccc2C)cc1.CN. The predicted octanol–water partition coefficient (Wildman–Crippen LogP) is 6.53. The summed E-state index contributed by atoms with van der Waals surface area (Å²) >= 11 is 0. The summed E-state index contributed by atoms with van der Waals surface area (Å²) in [5.74, 6) is 1.12. The average molecular weight is 489 g/mol. The van der Waals surface area contributed by atoms with Gasteiger partial charge in [-0.25, -0.2) is 4.98 Å². The minimum atomic E-state index is 0.801. The highest BCUT2D eigenvalue weighted by atomic mass is 15.1. The molecule has 2 heterocycles. The van der Waals surface area contributed by atoms with E-state index in [0.717, 1.165) is 42.7 Å². The van der Waals surface area contributed by atoms with Crippen molar-refractivity contribution in [2.75, 3.05) is 14.1 Å². The van der Waals surface area contributed by atoms with Crippen molar-refractivity contribution >= 4 is 11.0 Å². The topological polar surface area (TPSA) is 81.7 Å². The van der Waals surface area contributed by atoms with Gasteiger partial charge in [-0.1, -0.05) is 88.7 Å². The van der Waals surface area contributed by atoms with Gasteiger partial charge in [-0.3, -0.25) is 0 Å². The van der Waals surface area contributed by atoms with Crippen LogP contribution in [0.15, 0.2) is 73.7 Å². The van der Waals surface area contributed by atoms with E-state index in [-0.39, 0.29) is 0 Å². The molecule has 0 saturated carbocycles. The van der Waals surface area contributed by atoms with Gasteiger partial charge in [0.2, 0.25) is 0 Å². The number of aromatic nitrogens is 4. The molecule has 2 aromatic carbocycles. The number of benzene rings is 2. The lowest BCUT2D eigenvalue weighted by Gasteiger charge is -2.11. The number of rotatable bonds is 7. The van der Waals surface area contributed by atoms with Crippen molar-refractivity contribution in [1.29, 1.82) is 0 Å². The molecule has 3 N–H and O–H groups in total. The first-order chi connectivity index (χ1) is 17.6. The van der Waals surface area contributed by atoms with Crippen LogP contribution in [0.25, 0.3) is 22.2 Å². The number of nitrogens with two attached hydrogens (primary N) is 1. The van der Waals surface area contributed by atoms with Crippen LogP contribution in [0.5, 0.6) is 0 Å². The molecule has 0 aliphatic heterocycles. The van der Waals surface area contributed by atoms with Crippen molar-refractivity contribution in [3.05, 3.63) is 90.7 Å². The van der Waals surface area contributed by atoms with Crippen molar-refractivity contribution in [2.45, 2.75) is 59.9 Å². The zero-order valence-electron chi connectivity index (χ0n) is 23.0. The maximum absolute atomic E-state index is 4.78. The molecule has 0 fully saturated rings. The molecular weight excluding hydrogens is 444 g/mol. The highest BCUT2D eigenvalue weighted by molar-refractivity contribution is 5.74. The number of unbranched alkanes of at least 4 members (excludes halogenated alkanes) is 1. The maximum Gasteiger partial charge on any atom is 0.111 e. The molecule has 0 spiro atoms. The Balaban J connectivity index is 0.000000633. The Labute approximate surface area is 217 Å². The molecule has 4 rings (SSSR count). The van der Waals surface area contributed by atoms with Gasteiger partial charge in [0.1, 0.15) is 11.3 Å². The van der Waals surface area contributed by atoms with Crippen molar-refractivity contribution in [1.82, 2.24) is 25.1 Å². The normalized spacial score (nSPS) is 9.64. The van der Waals surface area contributed by atoms with Crippen LogP contribution < -0.4 is 11.1 Å². The van der Waals surface area contributed by atoms with Gasteiger partial charge in [0.25, 0.3) is 0 Å². The number of imidazole rings is 1. The summed E-state index contributed by atoms with van der Waals surface area (Å²) < 4.78 is 2.28. The van der Waals surface area contributed by atoms with Gasteiger partial charge in [0.05, 0.1) is 17.9 Å². The first-order valence-corrected chi connectivity index (χ1v) is 12.8. The number of aryl methyl sites for hydroxylation is 2. The summed E-state index contributed by atoms with van der Waals surface area (Å²) in [6.07, 6.45) is 9.72. The molecule has 194 valence electrons. The Hall–Kier alpha value is -3.51. The van der Waals surface area contributed by atoms with Crippen LogP contribution in [0.4, 0.5) is 0 Å². The van der Waals surface area contributed by atoms with Crippen LogP contribution in [0.3, 0.4) is 0 Å². The van der Waals surface area contributed by atoms with E-state index in [1.807, 2.05) is 13.2 Å². The molecule has 36 heavy (non-hydrogen) atoms. The van der Waals surface area contributed by atoms with E-state index >= 15 is 0 Å². The Morgan fingerprint density at radius 1 is 0.972 bits per heavy atom. The molecule has 0 radical (unpaired) electrons. The Morgan fingerprint density at radius 3 is 2.17 bits per heavy atom. The van der Waals surface area contributed by atoms with E-state index in [1.54, 1.807) is 12.4 Å². The average Bonchev–Trinajstić information content (AvgIpc) is 3.27. The maximum atomic E-state index is 4.78. The lowest BCUT2D eigenvalue weighted by Crippen LogP contribution is -2.05. The molecule has 6 heteroatoms. The van der Waals surface area contributed by atoms with Crippen LogP contribution >= 0.6 is 0 Å². The fourth-order valence-electron chi connectivity index (χ4n) is 3.51. The molecule has 0 saturated heterocycles. The molecule has 4 aromatic rings. The summed E-state index contributed by atoms with van der Waals surface area (Å²) in [6, 6.07) is 17.4. The van der Waals surface area contributed by atoms with Crippen LogP contribution in [0.2, 0.25) is 0 Å². The zero-order valence-corrected chi connectivity index (χ0v) is 23.0. The quantitative estimate of drug-likeness (QED) is 0.309. The lowest BCUT2D eigenvalue weighted by molar-refractivity contribution is 0.689. The van der Waals surface area contributed by atoms with Crippen molar-refractivity contribution in [2.24, 2.45) is 5.73 Å². The number of fused-ring (bicyclic) bond motifs is 1. The third-order valence-corrected chi connectivity index (χ3v) is 5.25. The molecule has 0 aliphatic rings. The second kappa shape index (κ2) is 17.9. The molecule has 0 amide bonds. The molecule has 6 nitrogen and oxygen atoms in total. The van der Waals surface area contributed by atoms with Crippen molar-refractivity contribution in [3.8, 4) is 11.1 Å². The smallest absolute Gasteiger partial charge is 0.111 e. The molecule has 0 atom stereocenters. The Kier molecular flexibility index (Phi) is 15.1. The summed E-state index contributed by atoms with van der Waals surface area (Å²) in [7, 11) is 3.31. The van der Waals surface area contributed by atoms with Gasteiger partial charge in [-0.2, -0.15) is 10.2 Å². The highest BCUT2D eigenvalue weighted by Gasteiger charge is 2.11. The van der Waals surface area contributed by atoms with E-state index in [2.05, 4.69) is 109 Å². The first kappa shape index (κ1) is 30.5. The van der Waals surface area contributed by atoms with E-state index < -0.39 is 0 Å². The molecule has 2 aromatic heterocycles. The second-order valence-electron chi connectivity index (χ2n) is 8.19. The van der Waals surface area contributed by atoms with Crippen molar-refractivity contribution in [3.63, 3.8) is 0 Å². The minimum absolute atomic E-state index is 0.801. The van der Waals surface area contributed by atoms with Gasteiger partial charge < -0.3 is 15.6 Å². The predicted molar refractivity (Wildman–Crippen MR) is 155 cm³/mol. The monoisotopic (exact) mass is 488 g/mol. The van der Waals surface area contributed by atoms with Crippen molar-refractivity contribution < 1.29 is 0 Å². The second-order valence-corrected chi connectivity index (χ2v) is 8.19. The third-order valence-electron chi connectivity index (χ3n) is 5.25. The van der Waals surface area contributed by atoms with Gasteiger partial charge in [0.15, 0.2) is 0 Å². The van der Waals surface area contributed by atoms with Crippen LogP contribution in [0.1, 0.15) is 57.0 Å². The Morgan fingerprint density at radius 2 is 1.58 bits per heavy atom. The fourth-order valence-corrected chi connectivity index (χ4v) is 3.51. The van der Waals surface area contributed by atoms with E-state index in [9.17, 15) is 0 Å². The largest absolute Gasteiger partial charge is 0.394 e. The summed E-state index contributed by atoms with van der Waals surface area (Å²) in [4.78, 5) is 4.78. The fraction of sp³-hybridized carbons (Fsp3) is 0.367. The molecule has 0 unspecified atom stereocenters. The molecule has 0 bridgehead atoms.